The Bertz CT molecular complexity index is 820. The zero-order chi connectivity index (χ0) is 15.4. The average Bonchev–Trinajstić information content (AvgIpc) is 3.04. The normalized spacial score (nSPS) is 11.1. The Morgan fingerprint density at radius 1 is 1.27 bits per heavy atom. The van der Waals surface area contributed by atoms with Crippen molar-refractivity contribution < 1.29 is 9.21 Å². The summed E-state index contributed by atoms with van der Waals surface area (Å²) in [4.78, 5) is 16.4. The number of aromatic nitrogens is 1. The van der Waals surface area contributed by atoms with Crippen LogP contribution in [0.1, 0.15) is 17.0 Å². The molecule has 1 amide bonds. The highest BCUT2D eigenvalue weighted by atomic mass is 16.3. The van der Waals surface area contributed by atoms with Gasteiger partial charge in [-0.15, -0.1) is 0 Å². The minimum atomic E-state index is -0.157. The van der Waals surface area contributed by atoms with E-state index >= 15 is 0 Å². The molecule has 0 radical (unpaired) electrons. The van der Waals surface area contributed by atoms with Gasteiger partial charge in [0.15, 0.2) is 0 Å². The fourth-order valence-electron chi connectivity index (χ4n) is 2.33. The van der Waals surface area contributed by atoms with E-state index in [9.17, 15) is 4.79 Å². The molecular formula is C18H16N2O2. The molecule has 0 spiro atoms. The van der Waals surface area contributed by atoms with Crippen LogP contribution in [-0.2, 0) is 11.3 Å². The van der Waals surface area contributed by atoms with Crippen LogP contribution < -0.4 is 5.32 Å². The molecule has 0 saturated carbocycles. The number of amides is 1. The molecule has 0 unspecified atom stereocenters. The molecular weight excluding hydrogens is 276 g/mol. The number of hydrogen-bond donors (Lipinski definition) is 1. The van der Waals surface area contributed by atoms with E-state index in [1.165, 1.54) is 6.08 Å². The van der Waals surface area contributed by atoms with Gasteiger partial charge in [0, 0.05) is 23.7 Å². The minimum Gasteiger partial charge on any atom is -0.465 e. The number of nitrogens with zero attached hydrogens (tertiary/aromatic N) is 1. The topological polar surface area (TPSA) is 55.1 Å². The van der Waals surface area contributed by atoms with E-state index in [2.05, 4.69) is 10.3 Å². The summed E-state index contributed by atoms with van der Waals surface area (Å²) in [6.07, 6.45) is 4.68. The molecule has 0 aliphatic rings. The van der Waals surface area contributed by atoms with E-state index in [-0.39, 0.29) is 5.91 Å². The maximum absolute atomic E-state index is 11.9. The van der Waals surface area contributed by atoms with E-state index in [4.69, 9.17) is 4.42 Å². The number of para-hydroxylation sites is 1. The second-order valence-corrected chi connectivity index (χ2v) is 5.01. The molecule has 4 heteroatoms. The lowest BCUT2D eigenvalue weighted by atomic mass is 10.1. The first kappa shape index (κ1) is 14.1. The van der Waals surface area contributed by atoms with Crippen molar-refractivity contribution in [3.8, 4) is 0 Å². The lowest BCUT2D eigenvalue weighted by Crippen LogP contribution is -2.20. The standard InChI is InChI=1S/C18H16N2O2/c1-13-11-14(16-6-2-3-7-17(16)20-13)12-19-18(21)9-8-15-5-4-10-22-15/h2-11H,12H2,1H3,(H,19,21)/b9-8+. The number of fused-ring (bicyclic) bond motifs is 1. The van der Waals surface area contributed by atoms with Crippen molar-refractivity contribution in [3.05, 3.63) is 71.8 Å². The Labute approximate surface area is 128 Å². The van der Waals surface area contributed by atoms with Crippen LogP contribution in [0.5, 0.6) is 0 Å². The Morgan fingerprint density at radius 2 is 2.14 bits per heavy atom. The molecule has 0 fully saturated rings. The van der Waals surface area contributed by atoms with Gasteiger partial charge in [0.2, 0.25) is 5.91 Å². The van der Waals surface area contributed by atoms with Crippen molar-refractivity contribution in [2.24, 2.45) is 0 Å². The van der Waals surface area contributed by atoms with Gasteiger partial charge < -0.3 is 9.73 Å². The van der Waals surface area contributed by atoms with E-state index < -0.39 is 0 Å². The van der Waals surface area contributed by atoms with E-state index in [1.54, 1.807) is 24.5 Å². The van der Waals surface area contributed by atoms with Crippen molar-refractivity contribution in [2.45, 2.75) is 13.5 Å². The van der Waals surface area contributed by atoms with Gasteiger partial charge in [-0.25, -0.2) is 0 Å². The van der Waals surface area contributed by atoms with E-state index in [1.807, 2.05) is 37.3 Å². The summed E-state index contributed by atoms with van der Waals surface area (Å²) in [5, 5.41) is 3.94. The van der Waals surface area contributed by atoms with Gasteiger partial charge >= 0.3 is 0 Å². The second kappa shape index (κ2) is 6.26. The van der Waals surface area contributed by atoms with Crippen LogP contribution in [0.15, 0.2) is 59.2 Å². The number of rotatable bonds is 4. The Kier molecular flexibility index (Phi) is 4.01. The maximum atomic E-state index is 11.9. The highest BCUT2D eigenvalue weighted by Crippen LogP contribution is 2.17. The molecule has 2 heterocycles. The van der Waals surface area contributed by atoms with Crippen molar-refractivity contribution in [3.63, 3.8) is 0 Å². The molecule has 1 aromatic carbocycles. The van der Waals surface area contributed by atoms with Gasteiger partial charge in [-0.3, -0.25) is 9.78 Å². The number of carbonyl (C=O) groups excluding carboxylic acids is 1. The zero-order valence-corrected chi connectivity index (χ0v) is 12.2. The predicted molar refractivity (Wildman–Crippen MR) is 86.1 cm³/mol. The fourth-order valence-corrected chi connectivity index (χ4v) is 2.33. The van der Waals surface area contributed by atoms with Crippen LogP contribution in [0, 0.1) is 6.92 Å². The van der Waals surface area contributed by atoms with Gasteiger partial charge in [-0.2, -0.15) is 0 Å². The first-order valence-corrected chi connectivity index (χ1v) is 7.07. The van der Waals surface area contributed by atoms with Gasteiger partial charge in [0.05, 0.1) is 11.8 Å². The first-order chi connectivity index (χ1) is 10.7. The van der Waals surface area contributed by atoms with Gasteiger partial charge in [0.25, 0.3) is 0 Å². The molecule has 0 aliphatic heterocycles. The lowest BCUT2D eigenvalue weighted by molar-refractivity contribution is -0.116. The van der Waals surface area contributed by atoms with Crippen molar-refractivity contribution >= 4 is 22.9 Å². The number of hydrogen-bond acceptors (Lipinski definition) is 3. The van der Waals surface area contributed by atoms with Crippen LogP contribution in [0.3, 0.4) is 0 Å². The summed E-state index contributed by atoms with van der Waals surface area (Å²) in [5.41, 5.74) is 2.94. The Balaban J connectivity index is 1.72. The number of pyridine rings is 1. The summed E-state index contributed by atoms with van der Waals surface area (Å²) >= 11 is 0. The van der Waals surface area contributed by atoms with Gasteiger partial charge in [-0.1, -0.05) is 18.2 Å². The molecule has 110 valence electrons. The SMILES string of the molecule is Cc1cc(CNC(=O)/C=C/c2ccco2)c2ccccc2n1. The molecule has 0 saturated heterocycles. The highest BCUT2D eigenvalue weighted by Gasteiger charge is 2.04. The lowest BCUT2D eigenvalue weighted by Gasteiger charge is -2.08. The van der Waals surface area contributed by atoms with Crippen LogP contribution in [0.4, 0.5) is 0 Å². The quantitative estimate of drug-likeness (QED) is 0.749. The molecule has 0 bridgehead atoms. The van der Waals surface area contributed by atoms with Crippen molar-refractivity contribution in [1.82, 2.24) is 10.3 Å². The van der Waals surface area contributed by atoms with Crippen molar-refractivity contribution in [2.75, 3.05) is 0 Å². The molecule has 0 atom stereocenters. The first-order valence-electron chi connectivity index (χ1n) is 7.07. The van der Waals surface area contributed by atoms with E-state index in [0.717, 1.165) is 22.2 Å². The molecule has 3 rings (SSSR count). The largest absolute Gasteiger partial charge is 0.465 e. The number of benzene rings is 1. The molecule has 22 heavy (non-hydrogen) atoms. The molecule has 4 nitrogen and oxygen atoms in total. The van der Waals surface area contributed by atoms with Crippen LogP contribution >= 0.6 is 0 Å². The Morgan fingerprint density at radius 3 is 2.95 bits per heavy atom. The zero-order valence-electron chi connectivity index (χ0n) is 12.2. The Hall–Kier alpha value is -2.88. The smallest absolute Gasteiger partial charge is 0.244 e. The van der Waals surface area contributed by atoms with Crippen LogP contribution in [0.2, 0.25) is 0 Å². The average molecular weight is 292 g/mol. The third-order valence-corrected chi connectivity index (χ3v) is 3.33. The maximum Gasteiger partial charge on any atom is 0.244 e. The van der Waals surface area contributed by atoms with Crippen LogP contribution in [-0.4, -0.2) is 10.9 Å². The monoisotopic (exact) mass is 292 g/mol. The second-order valence-electron chi connectivity index (χ2n) is 5.01. The summed E-state index contributed by atoms with van der Waals surface area (Å²) in [5.74, 6) is 0.496. The predicted octanol–water partition coefficient (Wildman–Crippen LogP) is 3.47. The van der Waals surface area contributed by atoms with Crippen molar-refractivity contribution in [1.29, 1.82) is 0 Å². The number of carbonyl (C=O) groups is 1. The minimum absolute atomic E-state index is 0.157. The summed E-state index contributed by atoms with van der Waals surface area (Å²) in [6, 6.07) is 13.5. The van der Waals surface area contributed by atoms with Gasteiger partial charge in [-0.05, 0) is 42.8 Å². The molecule has 0 aliphatic carbocycles. The van der Waals surface area contributed by atoms with Gasteiger partial charge in [0.1, 0.15) is 5.76 Å². The summed E-state index contributed by atoms with van der Waals surface area (Å²) in [7, 11) is 0. The highest BCUT2D eigenvalue weighted by molar-refractivity contribution is 5.91. The molecule has 2 aromatic heterocycles. The third-order valence-electron chi connectivity index (χ3n) is 3.33. The van der Waals surface area contributed by atoms with Crippen LogP contribution in [0.25, 0.3) is 17.0 Å². The summed E-state index contributed by atoms with van der Waals surface area (Å²) in [6.45, 7) is 2.42. The molecule has 1 N–H and O–H groups in total. The fraction of sp³-hybridized carbons (Fsp3) is 0.111. The molecule has 3 aromatic rings. The number of aryl methyl sites for hydroxylation is 1. The summed E-state index contributed by atoms with van der Waals surface area (Å²) < 4.78 is 5.14. The third kappa shape index (κ3) is 3.23. The number of furan rings is 1. The van der Waals surface area contributed by atoms with E-state index in [0.29, 0.717) is 12.3 Å². The number of nitrogens with one attached hydrogen (secondary N) is 1.